The van der Waals surface area contributed by atoms with Gasteiger partial charge in [0.05, 0.1) is 0 Å². The summed E-state index contributed by atoms with van der Waals surface area (Å²) in [5.41, 5.74) is 1.76. The average Bonchev–Trinajstić information content (AvgIpc) is 2.45. The second kappa shape index (κ2) is 6.72. The van der Waals surface area contributed by atoms with Gasteiger partial charge in [-0.15, -0.1) is 0 Å². The zero-order valence-electron chi connectivity index (χ0n) is 12.7. The number of phenolic OH excluding ortho intramolecular Hbond substituents is 1. The van der Waals surface area contributed by atoms with Crippen LogP contribution >= 0.6 is 0 Å². The van der Waals surface area contributed by atoms with E-state index in [1.807, 2.05) is 25.1 Å². The molecule has 2 aromatic carbocycles. The van der Waals surface area contributed by atoms with Gasteiger partial charge < -0.3 is 10.4 Å². The lowest BCUT2D eigenvalue weighted by molar-refractivity contribution is 0.368. The maximum Gasteiger partial charge on any atom is 0.131 e. The summed E-state index contributed by atoms with van der Waals surface area (Å²) in [4.78, 5) is 0. The predicted octanol–water partition coefficient (Wildman–Crippen LogP) is 4.58. The number of hydrogen-bond donors (Lipinski definition) is 2. The lowest BCUT2D eigenvalue weighted by Gasteiger charge is -2.27. The molecular weight excluding hydrogens is 265 g/mol. The van der Waals surface area contributed by atoms with Crippen LogP contribution in [0.3, 0.4) is 0 Å². The number of aromatic hydroxyl groups is 1. The van der Waals surface area contributed by atoms with Gasteiger partial charge in [-0.2, -0.15) is 0 Å². The maximum absolute atomic E-state index is 14.0. The first-order valence-electron chi connectivity index (χ1n) is 7.28. The number of benzene rings is 2. The minimum Gasteiger partial charge on any atom is -0.508 e. The van der Waals surface area contributed by atoms with Gasteiger partial charge in [-0.3, -0.25) is 0 Å². The molecule has 0 aromatic heterocycles. The first-order valence-corrected chi connectivity index (χ1v) is 7.28. The van der Waals surface area contributed by atoms with Crippen LogP contribution in [0.25, 0.3) is 0 Å². The third-order valence-electron chi connectivity index (χ3n) is 3.71. The fraction of sp³-hybridized carbons (Fsp3) is 0.333. The predicted molar refractivity (Wildman–Crippen MR) is 83.6 cm³/mol. The molecule has 0 aliphatic heterocycles. The van der Waals surface area contributed by atoms with Gasteiger partial charge in [-0.05, 0) is 24.5 Å². The summed E-state index contributed by atoms with van der Waals surface area (Å²) in [6, 6.07) is 14.5. The van der Waals surface area contributed by atoms with E-state index in [4.69, 9.17) is 0 Å². The third kappa shape index (κ3) is 3.82. The van der Waals surface area contributed by atoms with Crippen molar-refractivity contribution in [3.63, 3.8) is 0 Å². The Kier molecular flexibility index (Phi) is 4.97. The smallest absolute Gasteiger partial charge is 0.131 e. The highest BCUT2D eigenvalue weighted by Crippen LogP contribution is 2.27. The van der Waals surface area contributed by atoms with Crippen LogP contribution in [0, 0.1) is 11.7 Å². The van der Waals surface area contributed by atoms with Crippen LogP contribution < -0.4 is 5.32 Å². The second-order valence-electron chi connectivity index (χ2n) is 5.73. The van der Waals surface area contributed by atoms with Gasteiger partial charge in [-0.1, -0.05) is 50.2 Å². The molecule has 0 aliphatic rings. The molecule has 2 atom stereocenters. The van der Waals surface area contributed by atoms with Gasteiger partial charge in [0.25, 0.3) is 0 Å². The first kappa shape index (κ1) is 15.5. The van der Waals surface area contributed by atoms with Crippen LogP contribution in [-0.4, -0.2) is 5.11 Å². The lowest BCUT2D eigenvalue weighted by atomic mass is 9.94. The Morgan fingerprint density at radius 2 is 1.67 bits per heavy atom. The summed E-state index contributed by atoms with van der Waals surface area (Å²) in [6.45, 7) is 6.23. The molecule has 3 heteroatoms. The van der Waals surface area contributed by atoms with E-state index in [0.717, 1.165) is 6.07 Å². The van der Waals surface area contributed by atoms with E-state index < -0.39 is 0 Å². The van der Waals surface area contributed by atoms with Crippen molar-refractivity contribution in [1.82, 2.24) is 5.32 Å². The Balaban J connectivity index is 2.21. The highest BCUT2D eigenvalue weighted by atomic mass is 19.1. The van der Waals surface area contributed by atoms with Crippen molar-refractivity contribution >= 4 is 0 Å². The molecule has 21 heavy (non-hydrogen) atoms. The van der Waals surface area contributed by atoms with E-state index in [9.17, 15) is 9.50 Å². The van der Waals surface area contributed by atoms with Crippen molar-refractivity contribution in [3.05, 3.63) is 65.5 Å². The van der Waals surface area contributed by atoms with Crippen molar-refractivity contribution in [3.8, 4) is 5.75 Å². The van der Waals surface area contributed by atoms with E-state index in [2.05, 4.69) is 31.3 Å². The molecule has 0 saturated heterocycles. The van der Waals surface area contributed by atoms with Crippen molar-refractivity contribution in [2.24, 2.45) is 5.92 Å². The Morgan fingerprint density at radius 3 is 2.24 bits per heavy atom. The molecule has 0 bridgehead atoms. The third-order valence-corrected chi connectivity index (χ3v) is 3.71. The first-order chi connectivity index (χ1) is 9.99. The summed E-state index contributed by atoms with van der Waals surface area (Å²) in [5.74, 6) is -0.0486. The molecular formula is C18H22FNO. The number of halogens is 1. The fourth-order valence-corrected chi connectivity index (χ4v) is 2.56. The minimum absolute atomic E-state index is 0.0491. The van der Waals surface area contributed by atoms with Gasteiger partial charge in [0, 0.05) is 23.7 Å². The Bertz CT molecular complexity index is 583. The molecule has 0 spiro atoms. The van der Waals surface area contributed by atoms with Crippen molar-refractivity contribution in [2.45, 2.75) is 32.9 Å². The molecule has 0 fully saturated rings. The summed E-state index contributed by atoms with van der Waals surface area (Å²) in [5, 5.41) is 12.8. The highest BCUT2D eigenvalue weighted by Gasteiger charge is 2.20. The van der Waals surface area contributed by atoms with E-state index in [-0.39, 0.29) is 23.7 Å². The van der Waals surface area contributed by atoms with Crippen molar-refractivity contribution < 1.29 is 9.50 Å². The largest absolute Gasteiger partial charge is 0.508 e. The summed E-state index contributed by atoms with van der Waals surface area (Å²) < 4.78 is 14.0. The molecule has 2 aromatic rings. The highest BCUT2D eigenvalue weighted by molar-refractivity contribution is 5.30. The zero-order valence-corrected chi connectivity index (χ0v) is 12.7. The monoisotopic (exact) mass is 287 g/mol. The SMILES string of the molecule is CC(NC(c1ccccc1)C(C)C)c1ccc(O)cc1F. The quantitative estimate of drug-likeness (QED) is 0.843. The number of nitrogens with one attached hydrogen (secondary N) is 1. The minimum atomic E-state index is -0.384. The fourth-order valence-electron chi connectivity index (χ4n) is 2.56. The van der Waals surface area contributed by atoms with Crippen LogP contribution in [0.1, 0.15) is 44.0 Å². The second-order valence-corrected chi connectivity index (χ2v) is 5.73. The van der Waals surface area contributed by atoms with Crippen LogP contribution in [0.15, 0.2) is 48.5 Å². The number of rotatable bonds is 5. The Morgan fingerprint density at radius 1 is 1.00 bits per heavy atom. The molecule has 2 unspecified atom stereocenters. The van der Waals surface area contributed by atoms with E-state index in [0.29, 0.717) is 11.5 Å². The summed E-state index contributed by atoms with van der Waals surface area (Å²) >= 11 is 0. The molecule has 0 saturated carbocycles. The Labute approximate surface area is 125 Å². The number of hydrogen-bond acceptors (Lipinski definition) is 2. The zero-order chi connectivity index (χ0) is 15.4. The Hall–Kier alpha value is -1.87. The van der Waals surface area contributed by atoms with Gasteiger partial charge >= 0.3 is 0 Å². The van der Waals surface area contributed by atoms with E-state index in [1.54, 1.807) is 6.07 Å². The van der Waals surface area contributed by atoms with Crippen LogP contribution in [-0.2, 0) is 0 Å². The summed E-state index contributed by atoms with van der Waals surface area (Å²) in [6.07, 6.45) is 0. The normalized spacial score (nSPS) is 14.1. The van der Waals surface area contributed by atoms with Gasteiger partial charge in [0.1, 0.15) is 11.6 Å². The van der Waals surface area contributed by atoms with Gasteiger partial charge in [0.2, 0.25) is 0 Å². The van der Waals surface area contributed by atoms with Crippen LogP contribution in [0.4, 0.5) is 4.39 Å². The molecule has 2 nitrogen and oxygen atoms in total. The van der Waals surface area contributed by atoms with Crippen molar-refractivity contribution in [2.75, 3.05) is 0 Å². The molecule has 2 rings (SSSR count). The topological polar surface area (TPSA) is 32.3 Å². The van der Waals surface area contributed by atoms with Crippen molar-refractivity contribution in [1.29, 1.82) is 0 Å². The molecule has 112 valence electrons. The molecule has 0 radical (unpaired) electrons. The maximum atomic E-state index is 14.0. The molecule has 0 amide bonds. The van der Waals surface area contributed by atoms with E-state index in [1.165, 1.54) is 11.6 Å². The summed E-state index contributed by atoms with van der Waals surface area (Å²) in [7, 11) is 0. The molecule has 0 heterocycles. The van der Waals surface area contributed by atoms with Crippen LogP contribution in [0.5, 0.6) is 5.75 Å². The number of phenols is 1. The van der Waals surface area contributed by atoms with Gasteiger partial charge in [-0.25, -0.2) is 4.39 Å². The average molecular weight is 287 g/mol. The van der Waals surface area contributed by atoms with Crippen LogP contribution in [0.2, 0.25) is 0 Å². The lowest BCUT2D eigenvalue weighted by Crippen LogP contribution is -2.28. The van der Waals surface area contributed by atoms with Gasteiger partial charge in [0.15, 0.2) is 0 Å². The molecule has 2 N–H and O–H groups in total. The molecule has 0 aliphatic carbocycles. The standard InChI is InChI=1S/C18H22FNO/c1-12(2)18(14-7-5-4-6-8-14)20-13(3)16-10-9-15(21)11-17(16)19/h4-13,18,20-21H,1-3H3. The van der Waals surface area contributed by atoms with E-state index >= 15 is 0 Å².